The lowest BCUT2D eigenvalue weighted by atomic mass is 10.3. The van der Waals surface area contributed by atoms with Gasteiger partial charge in [-0.1, -0.05) is 24.3 Å². The minimum Gasteiger partial charge on any atom is -0.488 e. The molecule has 2 N–H and O–H groups in total. The fourth-order valence-electron chi connectivity index (χ4n) is 1.04. The molecule has 0 aliphatic carbocycles. The van der Waals surface area contributed by atoms with Gasteiger partial charge in [0.25, 0.3) is 0 Å². The Bertz CT molecular complexity index is 451. The zero-order valence-corrected chi connectivity index (χ0v) is 9.20. The van der Waals surface area contributed by atoms with Crippen molar-refractivity contribution in [2.45, 2.75) is 11.8 Å². The molecule has 5 heteroatoms. The first kappa shape index (κ1) is 11.7. The number of hydrogen-bond donors (Lipinski definition) is 1. The molecule has 0 amide bonds. The van der Waals surface area contributed by atoms with E-state index in [2.05, 4.69) is 0 Å². The average molecular weight is 227 g/mol. The highest BCUT2D eigenvalue weighted by Crippen LogP contribution is 2.21. The van der Waals surface area contributed by atoms with Crippen LogP contribution in [0, 0.1) is 0 Å². The Labute approximate surface area is 89.4 Å². The Morgan fingerprint density at radius 1 is 1.40 bits per heavy atom. The molecule has 0 aromatic heterocycles. The molecule has 0 saturated heterocycles. The molecule has 0 radical (unpaired) electrons. The van der Waals surface area contributed by atoms with Crippen LogP contribution >= 0.6 is 0 Å². The molecule has 1 aromatic carbocycles. The van der Waals surface area contributed by atoms with E-state index in [4.69, 9.17) is 9.88 Å². The number of para-hydroxylation sites is 1. The molecule has 0 fully saturated rings. The van der Waals surface area contributed by atoms with E-state index in [1.807, 2.05) is 13.0 Å². The normalized spacial score (nSPS) is 11.9. The van der Waals surface area contributed by atoms with Crippen molar-refractivity contribution in [3.63, 3.8) is 0 Å². The summed E-state index contributed by atoms with van der Waals surface area (Å²) < 4.78 is 27.6. The number of rotatable bonds is 4. The van der Waals surface area contributed by atoms with Gasteiger partial charge in [0.2, 0.25) is 10.0 Å². The van der Waals surface area contributed by atoms with E-state index in [-0.39, 0.29) is 10.6 Å². The number of nitrogens with two attached hydrogens (primary N) is 1. The van der Waals surface area contributed by atoms with Crippen LogP contribution in [0.5, 0.6) is 5.75 Å². The summed E-state index contributed by atoms with van der Waals surface area (Å²) in [7, 11) is -3.72. The van der Waals surface area contributed by atoms with Crippen LogP contribution in [0.15, 0.2) is 41.3 Å². The van der Waals surface area contributed by atoms with E-state index in [1.165, 1.54) is 6.07 Å². The molecule has 4 nitrogen and oxygen atoms in total. The van der Waals surface area contributed by atoms with Gasteiger partial charge >= 0.3 is 0 Å². The molecule has 0 spiro atoms. The standard InChI is InChI=1S/C10H13NO3S/c1-2-3-8-14-9-6-4-5-7-10(9)15(11,12)13/h2-7H,8H2,1H3,(H2,11,12,13)/b3-2+. The second-order valence-electron chi connectivity index (χ2n) is 2.87. The largest absolute Gasteiger partial charge is 0.488 e. The number of allylic oxidation sites excluding steroid dienone is 1. The van der Waals surface area contributed by atoms with Crippen molar-refractivity contribution in [2.24, 2.45) is 5.14 Å². The number of benzene rings is 1. The third kappa shape index (κ3) is 3.38. The van der Waals surface area contributed by atoms with Gasteiger partial charge in [-0.2, -0.15) is 0 Å². The minimum atomic E-state index is -3.72. The first-order chi connectivity index (χ1) is 7.05. The second-order valence-corrected chi connectivity index (χ2v) is 4.40. The molecule has 0 unspecified atom stereocenters. The fourth-order valence-corrected chi connectivity index (χ4v) is 1.71. The van der Waals surface area contributed by atoms with Crippen LogP contribution in [0.1, 0.15) is 6.92 Å². The van der Waals surface area contributed by atoms with Gasteiger partial charge in [0, 0.05) is 0 Å². The number of ether oxygens (including phenoxy) is 1. The molecule has 82 valence electrons. The molecular formula is C10H13NO3S. The predicted molar refractivity (Wildman–Crippen MR) is 58.1 cm³/mol. The number of sulfonamides is 1. The van der Waals surface area contributed by atoms with Crippen LogP contribution in [-0.4, -0.2) is 15.0 Å². The third-order valence-corrected chi connectivity index (χ3v) is 2.68. The molecule has 0 saturated carbocycles. The predicted octanol–water partition coefficient (Wildman–Crippen LogP) is 1.29. The first-order valence-electron chi connectivity index (χ1n) is 4.41. The highest BCUT2D eigenvalue weighted by Gasteiger charge is 2.13. The molecule has 0 aliphatic heterocycles. The van der Waals surface area contributed by atoms with Gasteiger partial charge in [0.15, 0.2) is 0 Å². The minimum absolute atomic E-state index is 0.00880. The Morgan fingerprint density at radius 2 is 2.07 bits per heavy atom. The van der Waals surface area contributed by atoms with Gasteiger partial charge in [-0.15, -0.1) is 0 Å². The Kier molecular flexibility index (Phi) is 3.88. The van der Waals surface area contributed by atoms with Crippen LogP contribution in [-0.2, 0) is 10.0 Å². The maximum atomic E-state index is 11.2. The van der Waals surface area contributed by atoms with Gasteiger partial charge in [-0.25, -0.2) is 13.6 Å². The Hall–Kier alpha value is -1.33. The maximum absolute atomic E-state index is 11.2. The van der Waals surface area contributed by atoms with E-state index in [9.17, 15) is 8.42 Å². The molecular weight excluding hydrogens is 214 g/mol. The summed E-state index contributed by atoms with van der Waals surface area (Å²) in [6.07, 6.45) is 3.60. The van der Waals surface area contributed by atoms with Gasteiger partial charge in [0.1, 0.15) is 17.3 Å². The van der Waals surface area contributed by atoms with E-state index in [0.29, 0.717) is 6.61 Å². The van der Waals surface area contributed by atoms with Gasteiger partial charge in [-0.3, -0.25) is 0 Å². The first-order valence-corrected chi connectivity index (χ1v) is 5.96. The van der Waals surface area contributed by atoms with Gasteiger partial charge in [0.05, 0.1) is 0 Å². The SMILES string of the molecule is C/C=C/COc1ccccc1S(N)(=O)=O. The fraction of sp³-hybridized carbons (Fsp3) is 0.200. The number of primary sulfonamides is 1. The summed E-state index contributed by atoms with van der Waals surface area (Å²) in [5.74, 6) is 0.276. The zero-order chi connectivity index (χ0) is 11.3. The Balaban J connectivity index is 2.97. The van der Waals surface area contributed by atoms with Crippen LogP contribution in [0.4, 0.5) is 0 Å². The Morgan fingerprint density at radius 3 is 2.67 bits per heavy atom. The lowest BCUT2D eigenvalue weighted by Gasteiger charge is -2.07. The summed E-state index contributed by atoms with van der Waals surface area (Å²) in [6, 6.07) is 6.28. The van der Waals surface area contributed by atoms with Crippen molar-refractivity contribution < 1.29 is 13.2 Å². The maximum Gasteiger partial charge on any atom is 0.241 e. The van der Waals surface area contributed by atoms with E-state index in [0.717, 1.165) is 0 Å². The van der Waals surface area contributed by atoms with Crippen LogP contribution in [0.3, 0.4) is 0 Å². The summed E-state index contributed by atoms with van der Waals surface area (Å²) >= 11 is 0. The quantitative estimate of drug-likeness (QED) is 0.788. The molecule has 0 atom stereocenters. The van der Waals surface area contributed by atoms with E-state index < -0.39 is 10.0 Å². The van der Waals surface area contributed by atoms with E-state index >= 15 is 0 Å². The topological polar surface area (TPSA) is 69.4 Å². The highest BCUT2D eigenvalue weighted by atomic mass is 32.2. The highest BCUT2D eigenvalue weighted by molar-refractivity contribution is 7.89. The van der Waals surface area contributed by atoms with Crippen LogP contribution in [0.25, 0.3) is 0 Å². The summed E-state index contributed by atoms with van der Waals surface area (Å²) in [6.45, 7) is 2.18. The van der Waals surface area contributed by atoms with Crippen molar-refractivity contribution in [3.05, 3.63) is 36.4 Å². The second kappa shape index (κ2) is 4.95. The molecule has 15 heavy (non-hydrogen) atoms. The van der Waals surface area contributed by atoms with Crippen molar-refractivity contribution in [1.29, 1.82) is 0 Å². The lowest BCUT2D eigenvalue weighted by Crippen LogP contribution is -2.13. The van der Waals surface area contributed by atoms with Crippen molar-refractivity contribution >= 4 is 10.0 Å². The monoisotopic (exact) mass is 227 g/mol. The lowest BCUT2D eigenvalue weighted by molar-refractivity contribution is 0.353. The van der Waals surface area contributed by atoms with Gasteiger partial charge < -0.3 is 4.74 Å². The van der Waals surface area contributed by atoms with Crippen LogP contribution in [0.2, 0.25) is 0 Å². The summed E-state index contributed by atoms with van der Waals surface area (Å²) in [5, 5.41) is 5.04. The van der Waals surface area contributed by atoms with Gasteiger partial charge in [-0.05, 0) is 19.1 Å². The molecule has 1 aromatic rings. The van der Waals surface area contributed by atoms with Crippen LogP contribution < -0.4 is 9.88 Å². The average Bonchev–Trinajstić information content (AvgIpc) is 2.17. The number of hydrogen-bond acceptors (Lipinski definition) is 3. The van der Waals surface area contributed by atoms with E-state index in [1.54, 1.807) is 24.3 Å². The van der Waals surface area contributed by atoms with Crippen molar-refractivity contribution in [1.82, 2.24) is 0 Å². The van der Waals surface area contributed by atoms with Crippen molar-refractivity contribution in [3.8, 4) is 5.75 Å². The summed E-state index contributed by atoms with van der Waals surface area (Å²) in [4.78, 5) is 0.00880. The molecule has 0 heterocycles. The molecule has 0 bridgehead atoms. The summed E-state index contributed by atoms with van der Waals surface area (Å²) in [5.41, 5.74) is 0. The smallest absolute Gasteiger partial charge is 0.241 e. The third-order valence-electron chi connectivity index (χ3n) is 1.73. The molecule has 0 aliphatic rings. The zero-order valence-electron chi connectivity index (χ0n) is 8.38. The molecule has 1 rings (SSSR count). The van der Waals surface area contributed by atoms with Crippen molar-refractivity contribution in [2.75, 3.05) is 6.61 Å².